The molecule has 1 fully saturated rings. The van der Waals surface area contributed by atoms with Gasteiger partial charge in [0, 0.05) is 12.3 Å². The fraction of sp³-hybridized carbons (Fsp3) is 0.400. The summed E-state index contributed by atoms with van der Waals surface area (Å²) in [5.41, 5.74) is 0.274. The van der Waals surface area contributed by atoms with Crippen LogP contribution in [0.15, 0.2) is 54.6 Å². The lowest BCUT2D eigenvalue weighted by atomic mass is 9.80. The van der Waals surface area contributed by atoms with Gasteiger partial charge in [0.15, 0.2) is 40.6 Å². The number of phenols is 2. The van der Waals surface area contributed by atoms with Crippen LogP contribution in [0.3, 0.4) is 0 Å². The summed E-state index contributed by atoms with van der Waals surface area (Å²) in [5.74, 6) is 0.195. The van der Waals surface area contributed by atoms with Crippen LogP contribution in [0.4, 0.5) is 0 Å². The van der Waals surface area contributed by atoms with Gasteiger partial charge in [-0.25, -0.2) is 0 Å². The number of rotatable bonds is 12. The molecule has 1 aliphatic heterocycles. The normalized spacial score (nSPS) is 21.7. The second-order valence-electron chi connectivity index (χ2n) is 9.93. The van der Waals surface area contributed by atoms with Crippen LogP contribution in [0.2, 0.25) is 0 Å². The monoisotopic (exact) mass is 572 g/mol. The highest BCUT2D eigenvalue weighted by molar-refractivity contribution is 5.46. The number of aromatic hydroxyl groups is 2. The molecule has 0 radical (unpaired) electrons. The Morgan fingerprint density at radius 1 is 0.854 bits per heavy atom. The predicted octanol–water partition coefficient (Wildman–Crippen LogP) is 2.25. The summed E-state index contributed by atoms with van der Waals surface area (Å²) >= 11 is 0. The van der Waals surface area contributed by atoms with Gasteiger partial charge >= 0.3 is 0 Å². The van der Waals surface area contributed by atoms with E-state index in [0.29, 0.717) is 22.4 Å². The number of benzene rings is 3. The molecule has 11 heteroatoms. The van der Waals surface area contributed by atoms with Gasteiger partial charge in [0.2, 0.25) is 0 Å². The first-order valence-corrected chi connectivity index (χ1v) is 13.0. The molecular weight excluding hydrogens is 536 g/mol. The number of phenolic OH excluding ortho intramolecular Hbond substituents is 2. The van der Waals surface area contributed by atoms with Crippen LogP contribution in [-0.4, -0.2) is 83.5 Å². The molecule has 1 heterocycles. The molecule has 222 valence electrons. The molecule has 0 aromatic heterocycles. The third kappa shape index (κ3) is 6.29. The molecule has 1 aliphatic rings. The summed E-state index contributed by atoms with van der Waals surface area (Å²) in [6.45, 7) is -0.906. The summed E-state index contributed by atoms with van der Waals surface area (Å²) in [6.07, 6.45) is -2.83. The van der Waals surface area contributed by atoms with Crippen LogP contribution in [0.1, 0.15) is 28.9 Å². The van der Waals surface area contributed by atoms with E-state index >= 15 is 0 Å². The summed E-state index contributed by atoms with van der Waals surface area (Å²) in [4.78, 5) is 0. The molecule has 0 saturated carbocycles. The minimum absolute atomic E-state index is 0.0294. The van der Waals surface area contributed by atoms with Gasteiger partial charge in [-0.05, 0) is 53.1 Å². The Kier molecular flexibility index (Phi) is 9.46. The van der Waals surface area contributed by atoms with Gasteiger partial charge in [0.25, 0.3) is 0 Å². The average molecular weight is 573 g/mol. The quantitative estimate of drug-likeness (QED) is 0.188. The number of hydrogen-bond donors (Lipinski definition) is 6. The molecule has 3 aromatic carbocycles. The zero-order valence-corrected chi connectivity index (χ0v) is 23.1. The van der Waals surface area contributed by atoms with Crippen LogP contribution in [0, 0.1) is 5.92 Å². The molecule has 0 bridgehead atoms. The van der Waals surface area contributed by atoms with Gasteiger partial charge in [0.1, 0.15) is 6.10 Å². The second kappa shape index (κ2) is 12.8. The van der Waals surface area contributed by atoms with Crippen molar-refractivity contribution in [2.24, 2.45) is 5.92 Å². The maximum Gasteiger partial charge on any atom is 0.161 e. The minimum Gasteiger partial charge on any atom is -0.504 e. The van der Waals surface area contributed by atoms with E-state index in [1.807, 2.05) is 0 Å². The molecule has 3 aromatic rings. The van der Waals surface area contributed by atoms with Crippen molar-refractivity contribution in [2.45, 2.75) is 30.3 Å². The Labute approximate surface area is 237 Å². The van der Waals surface area contributed by atoms with Gasteiger partial charge < -0.3 is 54.3 Å². The molecule has 2 unspecified atom stereocenters. The highest BCUT2D eigenvalue weighted by Gasteiger charge is 2.49. The standard InChI is InChI=1S/C30H36O11/c1-37-24-11-18(5-7-21(24)33)28(35)27(15-32)41-23-9-4-17(10-26(23)39-3)13-30(36)16-40-29(20(30)14-31)19-6-8-22(34)25(12-19)38-2/h4-12,20,27-29,31-36H,13-16H2,1-3H3/t20-,27?,28?,29-,30-/m1/s1. The zero-order chi connectivity index (χ0) is 29.7. The third-order valence-electron chi connectivity index (χ3n) is 7.39. The lowest BCUT2D eigenvalue weighted by Gasteiger charge is -2.30. The van der Waals surface area contributed by atoms with Gasteiger partial charge in [-0.2, -0.15) is 0 Å². The van der Waals surface area contributed by atoms with Crippen molar-refractivity contribution < 1.29 is 54.3 Å². The first-order valence-electron chi connectivity index (χ1n) is 13.0. The Balaban J connectivity index is 1.52. The number of ether oxygens (including phenoxy) is 5. The number of aliphatic hydroxyl groups is 4. The lowest BCUT2D eigenvalue weighted by molar-refractivity contribution is -0.0151. The first-order chi connectivity index (χ1) is 19.7. The smallest absolute Gasteiger partial charge is 0.161 e. The molecule has 11 nitrogen and oxygen atoms in total. The van der Waals surface area contributed by atoms with Gasteiger partial charge in [0.05, 0.1) is 52.9 Å². The SMILES string of the molecule is COc1cc(C(O)C(CO)Oc2ccc(C[C@@]3(O)CO[C@H](c4ccc(O)c(OC)c4)[C@H]3CO)cc2OC)ccc1O. The van der Waals surface area contributed by atoms with Crippen molar-refractivity contribution >= 4 is 0 Å². The Morgan fingerprint density at radius 2 is 1.51 bits per heavy atom. The molecular formula is C30H36O11. The van der Waals surface area contributed by atoms with E-state index in [-0.39, 0.29) is 48.4 Å². The number of methoxy groups -OCH3 is 3. The summed E-state index contributed by atoms with van der Waals surface area (Å²) < 4.78 is 27.6. The van der Waals surface area contributed by atoms with E-state index < -0.39 is 36.4 Å². The molecule has 0 amide bonds. The van der Waals surface area contributed by atoms with E-state index in [4.69, 9.17) is 23.7 Å². The summed E-state index contributed by atoms with van der Waals surface area (Å²) in [7, 11) is 4.27. The molecule has 0 aliphatic carbocycles. The van der Waals surface area contributed by atoms with E-state index in [2.05, 4.69) is 0 Å². The van der Waals surface area contributed by atoms with Crippen molar-refractivity contribution in [3.8, 4) is 34.5 Å². The van der Waals surface area contributed by atoms with Crippen LogP contribution in [-0.2, 0) is 11.2 Å². The fourth-order valence-corrected chi connectivity index (χ4v) is 5.12. The Morgan fingerprint density at radius 3 is 2.15 bits per heavy atom. The maximum absolute atomic E-state index is 11.6. The number of aliphatic hydroxyl groups excluding tert-OH is 3. The molecule has 0 spiro atoms. The highest BCUT2D eigenvalue weighted by Crippen LogP contribution is 2.45. The van der Waals surface area contributed by atoms with Crippen molar-refractivity contribution in [2.75, 3.05) is 41.2 Å². The molecule has 1 saturated heterocycles. The third-order valence-corrected chi connectivity index (χ3v) is 7.39. The fourth-order valence-electron chi connectivity index (χ4n) is 5.12. The van der Waals surface area contributed by atoms with Crippen LogP contribution in [0.25, 0.3) is 0 Å². The predicted molar refractivity (Wildman–Crippen MR) is 147 cm³/mol. The van der Waals surface area contributed by atoms with E-state index in [1.165, 1.54) is 45.6 Å². The first kappa shape index (κ1) is 30.2. The van der Waals surface area contributed by atoms with Crippen molar-refractivity contribution in [3.05, 3.63) is 71.3 Å². The average Bonchev–Trinajstić information content (AvgIpc) is 3.31. The molecule has 41 heavy (non-hydrogen) atoms. The van der Waals surface area contributed by atoms with E-state index in [1.54, 1.807) is 30.3 Å². The van der Waals surface area contributed by atoms with Gasteiger partial charge in [-0.1, -0.05) is 18.2 Å². The zero-order valence-electron chi connectivity index (χ0n) is 23.1. The molecule has 6 N–H and O–H groups in total. The van der Waals surface area contributed by atoms with Crippen LogP contribution in [0.5, 0.6) is 34.5 Å². The highest BCUT2D eigenvalue weighted by atomic mass is 16.5. The number of hydrogen-bond acceptors (Lipinski definition) is 11. The van der Waals surface area contributed by atoms with Gasteiger partial charge in [-0.15, -0.1) is 0 Å². The molecule has 4 rings (SSSR count). The summed E-state index contributed by atoms with van der Waals surface area (Å²) in [6, 6.07) is 14.1. The van der Waals surface area contributed by atoms with Gasteiger partial charge in [-0.3, -0.25) is 0 Å². The van der Waals surface area contributed by atoms with Crippen molar-refractivity contribution in [3.63, 3.8) is 0 Å². The van der Waals surface area contributed by atoms with E-state index in [0.717, 1.165) is 0 Å². The topological polar surface area (TPSA) is 168 Å². The Bertz CT molecular complexity index is 1330. The van der Waals surface area contributed by atoms with Crippen LogP contribution >= 0.6 is 0 Å². The lowest BCUT2D eigenvalue weighted by Crippen LogP contribution is -2.41. The minimum atomic E-state index is -1.42. The van der Waals surface area contributed by atoms with Crippen molar-refractivity contribution in [1.82, 2.24) is 0 Å². The Hall–Kier alpha value is -3.74. The summed E-state index contributed by atoms with van der Waals surface area (Å²) in [5, 5.41) is 62.4. The largest absolute Gasteiger partial charge is 0.504 e. The van der Waals surface area contributed by atoms with Crippen LogP contribution < -0.4 is 18.9 Å². The maximum atomic E-state index is 11.6. The van der Waals surface area contributed by atoms with Crippen molar-refractivity contribution in [1.29, 1.82) is 0 Å². The van der Waals surface area contributed by atoms with E-state index in [9.17, 15) is 30.6 Å². The second-order valence-corrected chi connectivity index (χ2v) is 9.93. The molecule has 5 atom stereocenters.